The van der Waals surface area contributed by atoms with Crippen molar-refractivity contribution >= 4 is 33.6 Å². The second kappa shape index (κ2) is 7.92. The summed E-state index contributed by atoms with van der Waals surface area (Å²) in [5.41, 5.74) is 0.629. The average molecular weight is 343 g/mol. The van der Waals surface area contributed by atoms with Crippen LogP contribution < -0.4 is 4.90 Å². The van der Waals surface area contributed by atoms with Crippen molar-refractivity contribution < 1.29 is 14.0 Å². The van der Waals surface area contributed by atoms with E-state index in [1.165, 1.54) is 6.07 Å². The van der Waals surface area contributed by atoms with E-state index in [-0.39, 0.29) is 12.0 Å². The van der Waals surface area contributed by atoms with Crippen LogP contribution in [0.25, 0.3) is 0 Å². The first-order valence-electron chi connectivity index (χ1n) is 6.35. The lowest BCUT2D eigenvalue weighted by atomic mass is 10.2. The molecule has 0 amide bonds. The fourth-order valence-corrected chi connectivity index (χ4v) is 2.41. The largest absolute Gasteiger partial charge is 0.373 e. The lowest BCUT2D eigenvalue weighted by Crippen LogP contribution is -2.29. The van der Waals surface area contributed by atoms with E-state index in [0.29, 0.717) is 11.7 Å². The van der Waals surface area contributed by atoms with Gasteiger partial charge in [0.25, 0.3) is 0 Å². The molecule has 0 saturated carbocycles. The quantitative estimate of drug-likeness (QED) is 0.845. The zero-order chi connectivity index (χ0) is 15.1. The normalized spacial score (nSPS) is 17.1. The van der Waals surface area contributed by atoms with Gasteiger partial charge in [0, 0.05) is 17.4 Å². The van der Waals surface area contributed by atoms with Crippen LogP contribution in [-0.4, -0.2) is 24.6 Å². The van der Waals surface area contributed by atoms with Gasteiger partial charge in [-0.05, 0) is 24.6 Å². The molecule has 1 aromatic carbocycles. The second-order valence-electron chi connectivity index (χ2n) is 4.25. The Kier molecular flexibility index (Phi) is 6.55. The molecule has 0 bridgehead atoms. The maximum Gasteiger partial charge on any atom is 0.373 e. The number of aliphatic imine (C=N–C) groups is 1. The minimum Gasteiger partial charge on any atom is -0.326 e. The van der Waals surface area contributed by atoms with Gasteiger partial charge in [0.15, 0.2) is 0 Å². The molecule has 1 aliphatic heterocycles. The number of amidine groups is 1. The van der Waals surface area contributed by atoms with Crippen molar-refractivity contribution in [3.63, 3.8) is 0 Å². The Morgan fingerprint density at radius 2 is 2.10 bits per heavy atom. The van der Waals surface area contributed by atoms with Gasteiger partial charge in [-0.2, -0.15) is 9.59 Å². The second-order valence-corrected chi connectivity index (χ2v) is 5.17. The Hall–Kier alpha value is -1.52. The van der Waals surface area contributed by atoms with Crippen molar-refractivity contribution in [2.45, 2.75) is 32.7 Å². The molecule has 2 rings (SSSR count). The molecule has 1 heterocycles. The summed E-state index contributed by atoms with van der Waals surface area (Å²) in [5, 5.41) is 0. The molecule has 0 saturated heterocycles. The third-order valence-corrected chi connectivity index (χ3v) is 3.52. The Labute approximate surface area is 125 Å². The van der Waals surface area contributed by atoms with E-state index < -0.39 is 0 Å². The first-order chi connectivity index (χ1) is 9.57. The van der Waals surface area contributed by atoms with Crippen LogP contribution >= 0.6 is 15.9 Å². The number of benzene rings is 1. The molecule has 0 radical (unpaired) electrons. The summed E-state index contributed by atoms with van der Waals surface area (Å²) in [6.45, 7) is 4.96. The Balaban J connectivity index is 0.000000612. The van der Waals surface area contributed by atoms with Crippen molar-refractivity contribution in [3.8, 4) is 0 Å². The minimum atomic E-state index is -0.197. The van der Waals surface area contributed by atoms with Crippen LogP contribution in [0, 0.1) is 5.82 Å². The first-order valence-corrected chi connectivity index (χ1v) is 7.15. The molecule has 0 aliphatic carbocycles. The van der Waals surface area contributed by atoms with Crippen LogP contribution in [0.5, 0.6) is 0 Å². The highest BCUT2D eigenvalue weighted by Crippen LogP contribution is 2.27. The van der Waals surface area contributed by atoms with E-state index >= 15 is 0 Å². The number of nitrogens with zero attached hydrogens (tertiary/aromatic N) is 2. The number of hydrogen-bond acceptors (Lipinski definition) is 4. The molecule has 0 N–H and O–H groups in total. The zero-order valence-electron chi connectivity index (χ0n) is 11.4. The Morgan fingerprint density at radius 3 is 2.60 bits per heavy atom. The number of halogens is 2. The van der Waals surface area contributed by atoms with E-state index in [1.54, 1.807) is 0 Å². The van der Waals surface area contributed by atoms with E-state index in [0.717, 1.165) is 29.7 Å². The fraction of sp³-hybridized carbons (Fsp3) is 0.429. The van der Waals surface area contributed by atoms with Gasteiger partial charge in [-0.15, -0.1) is 0 Å². The molecule has 1 atom stereocenters. The summed E-state index contributed by atoms with van der Waals surface area (Å²) >= 11 is 3.27. The van der Waals surface area contributed by atoms with Gasteiger partial charge in [-0.25, -0.2) is 4.39 Å². The predicted molar refractivity (Wildman–Crippen MR) is 78.3 cm³/mol. The lowest BCUT2D eigenvalue weighted by Gasteiger charge is -2.21. The molecule has 1 unspecified atom stereocenters. The van der Waals surface area contributed by atoms with Gasteiger partial charge < -0.3 is 4.90 Å². The maximum absolute atomic E-state index is 13.9. The van der Waals surface area contributed by atoms with E-state index in [1.807, 2.05) is 17.0 Å². The molecule has 6 heteroatoms. The molecule has 1 aromatic rings. The molecule has 20 heavy (non-hydrogen) atoms. The van der Waals surface area contributed by atoms with Crippen molar-refractivity contribution in [1.29, 1.82) is 0 Å². The molecule has 108 valence electrons. The fourth-order valence-electron chi connectivity index (χ4n) is 2.08. The van der Waals surface area contributed by atoms with Gasteiger partial charge in [0.1, 0.15) is 11.7 Å². The predicted octanol–water partition coefficient (Wildman–Crippen LogP) is 3.41. The summed E-state index contributed by atoms with van der Waals surface area (Å²) in [4.78, 5) is 22.9. The summed E-state index contributed by atoms with van der Waals surface area (Å²) < 4.78 is 14.7. The van der Waals surface area contributed by atoms with Crippen molar-refractivity contribution in [2.24, 2.45) is 4.99 Å². The van der Waals surface area contributed by atoms with Gasteiger partial charge in [-0.3, -0.25) is 4.99 Å². The number of carbonyl (C=O) groups excluding carboxylic acids is 2. The molecule has 1 aliphatic rings. The smallest absolute Gasteiger partial charge is 0.326 e. The van der Waals surface area contributed by atoms with Gasteiger partial charge in [0.2, 0.25) is 0 Å². The summed E-state index contributed by atoms with van der Waals surface area (Å²) in [5.74, 6) is 0.787. The van der Waals surface area contributed by atoms with Crippen LogP contribution in [0.1, 0.15) is 26.7 Å². The molecule has 0 aromatic heterocycles. The Bertz CT molecular complexity index is 528. The standard InChI is InChI=1S/C13H16BrFN2.CO2/c1-3-10-8-17(13(4-2)16-10)12-6-5-9(14)7-11(12)15;2-1-3/h5-7,10H,3-4,8H2,1-2H3;. The first kappa shape index (κ1) is 16.5. The van der Waals surface area contributed by atoms with Crippen molar-refractivity contribution in [1.82, 2.24) is 0 Å². The van der Waals surface area contributed by atoms with E-state index in [9.17, 15) is 4.39 Å². The third-order valence-electron chi connectivity index (χ3n) is 3.02. The van der Waals surface area contributed by atoms with Crippen LogP contribution in [0.3, 0.4) is 0 Å². The number of anilines is 1. The van der Waals surface area contributed by atoms with Crippen molar-refractivity contribution in [2.75, 3.05) is 11.4 Å². The topological polar surface area (TPSA) is 49.7 Å². The highest BCUT2D eigenvalue weighted by molar-refractivity contribution is 9.10. The SMILES string of the molecule is CCC1=NC(CC)CN1c1ccc(Br)cc1F.O=C=O. The van der Waals surface area contributed by atoms with Crippen LogP contribution in [0.2, 0.25) is 0 Å². The van der Waals surface area contributed by atoms with Gasteiger partial charge >= 0.3 is 6.15 Å². The molecular formula is C14H16BrFN2O2. The van der Waals surface area contributed by atoms with Crippen LogP contribution in [0.4, 0.5) is 10.1 Å². The average Bonchev–Trinajstić information content (AvgIpc) is 2.83. The van der Waals surface area contributed by atoms with Gasteiger partial charge in [-0.1, -0.05) is 29.8 Å². The van der Waals surface area contributed by atoms with E-state index in [4.69, 9.17) is 9.59 Å². The number of rotatable bonds is 3. The minimum absolute atomic E-state index is 0.197. The summed E-state index contributed by atoms with van der Waals surface area (Å²) in [6, 6.07) is 5.48. The molecular weight excluding hydrogens is 327 g/mol. The summed E-state index contributed by atoms with van der Waals surface area (Å²) in [6.07, 6.45) is 2.09. The third kappa shape index (κ3) is 3.99. The molecule has 0 fully saturated rings. The molecule has 4 nitrogen and oxygen atoms in total. The van der Waals surface area contributed by atoms with E-state index in [2.05, 4.69) is 34.8 Å². The Morgan fingerprint density at radius 1 is 1.45 bits per heavy atom. The van der Waals surface area contributed by atoms with Crippen molar-refractivity contribution in [3.05, 3.63) is 28.5 Å². The van der Waals surface area contributed by atoms with Crippen LogP contribution in [0.15, 0.2) is 27.7 Å². The maximum atomic E-state index is 13.9. The van der Waals surface area contributed by atoms with Gasteiger partial charge in [0.05, 0.1) is 11.7 Å². The molecule has 0 spiro atoms. The number of hydrogen-bond donors (Lipinski definition) is 0. The summed E-state index contributed by atoms with van der Waals surface area (Å²) in [7, 11) is 0. The monoisotopic (exact) mass is 342 g/mol. The zero-order valence-corrected chi connectivity index (χ0v) is 13.0. The highest BCUT2D eigenvalue weighted by Gasteiger charge is 2.25. The highest BCUT2D eigenvalue weighted by atomic mass is 79.9. The lowest BCUT2D eigenvalue weighted by molar-refractivity contribution is -0.191. The van der Waals surface area contributed by atoms with Crippen LogP contribution in [-0.2, 0) is 9.59 Å².